The number of hydrogen-bond acceptors (Lipinski definition) is 1. The van der Waals surface area contributed by atoms with E-state index in [-0.39, 0.29) is 6.10 Å². The van der Waals surface area contributed by atoms with Gasteiger partial charge >= 0.3 is 0 Å². The van der Waals surface area contributed by atoms with Crippen molar-refractivity contribution in [1.82, 2.24) is 0 Å². The molecule has 0 heterocycles. The third-order valence-electron chi connectivity index (χ3n) is 4.06. The lowest BCUT2D eigenvalue weighted by molar-refractivity contribution is 0.239. The van der Waals surface area contributed by atoms with Crippen molar-refractivity contribution in [2.45, 2.75) is 51.6 Å². The van der Waals surface area contributed by atoms with E-state index < -0.39 is 0 Å². The Balaban J connectivity index is 2.15. The molecule has 3 rings (SSSR count). The monoisotopic (exact) mass is 254 g/mol. The Morgan fingerprint density at radius 1 is 1.00 bits per heavy atom. The third kappa shape index (κ3) is 2.47. The molecule has 2 aromatic carbocycles. The van der Waals surface area contributed by atoms with Gasteiger partial charge in [0.05, 0.1) is 6.10 Å². The molecule has 1 aliphatic carbocycles. The van der Waals surface area contributed by atoms with Crippen LogP contribution in [-0.2, 0) is 0 Å². The molecule has 0 spiro atoms. The fourth-order valence-corrected chi connectivity index (χ4v) is 3.27. The highest BCUT2D eigenvalue weighted by Crippen LogP contribution is 2.42. The Morgan fingerprint density at radius 3 is 2.47 bits per heavy atom. The number of hydrogen-bond donors (Lipinski definition) is 0. The largest absolute Gasteiger partial charge is 0.491 e. The summed E-state index contributed by atoms with van der Waals surface area (Å²) >= 11 is 0. The Labute approximate surface area is 115 Å². The van der Waals surface area contributed by atoms with E-state index in [1.807, 2.05) is 0 Å². The van der Waals surface area contributed by atoms with Crippen molar-refractivity contribution in [2.24, 2.45) is 0 Å². The van der Waals surface area contributed by atoms with Crippen LogP contribution >= 0.6 is 0 Å². The second-order valence-corrected chi connectivity index (χ2v) is 5.85. The molecule has 0 atom stereocenters. The summed E-state index contributed by atoms with van der Waals surface area (Å²) in [5.74, 6) is 1.78. The number of rotatable bonds is 3. The zero-order chi connectivity index (χ0) is 13.2. The molecule has 1 fully saturated rings. The number of benzene rings is 2. The van der Waals surface area contributed by atoms with Gasteiger partial charge in [-0.1, -0.05) is 43.2 Å². The molecule has 1 saturated carbocycles. The van der Waals surface area contributed by atoms with Crippen molar-refractivity contribution >= 4 is 10.8 Å². The molecule has 0 aliphatic heterocycles. The van der Waals surface area contributed by atoms with Crippen LogP contribution in [0.1, 0.15) is 51.0 Å². The van der Waals surface area contributed by atoms with Gasteiger partial charge in [0.1, 0.15) is 5.75 Å². The summed E-state index contributed by atoms with van der Waals surface area (Å²) in [4.78, 5) is 0. The van der Waals surface area contributed by atoms with Crippen LogP contribution in [0.15, 0.2) is 36.4 Å². The number of ether oxygens (including phenoxy) is 1. The highest BCUT2D eigenvalue weighted by molar-refractivity contribution is 5.88. The van der Waals surface area contributed by atoms with E-state index in [0.29, 0.717) is 5.92 Å². The Hall–Kier alpha value is -1.50. The lowest BCUT2D eigenvalue weighted by atomic mass is 9.91. The molecule has 1 nitrogen and oxygen atoms in total. The highest BCUT2D eigenvalue weighted by Gasteiger charge is 2.23. The van der Waals surface area contributed by atoms with Gasteiger partial charge in [0.2, 0.25) is 0 Å². The molecule has 0 aromatic heterocycles. The zero-order valence-electron chi connectivity index (χ0n) is 11.9. The molecular weight excluding hydrogens is 232 g/mol. The average Bonchev–Trinajstić information content (AvgIpc) is 2.91. The van der Waals surface area contributed by atoms with Gasteiger partial charge in [-0.2, -0.15) is 0 Å². The first-order chi connectivity index (χ1) is 9.25. The first-order valence-electron chi connectivity index (χ1n) is 7.44. The molecule has 0 radical (unpaired) electrons. The summed E-state index contributed by atoms with van der Waals surface area (Å²) in [5.41, 5.74) is 1.45. The summed E-state index contributed by atoms with van der Waals surface area (Å²) in [6, 6.07) is 13.0. The van der Waals surface area contributed by atoms with E-state index in [0.717, 1.165) is 5.75 Å². The zero-order valence-corrected chi connectivity index (χ0v) is 11.9. The lowest BCUT2D eigenvalue weighted by Gasteiger charge is -2.20. The van der Waals surface area contributed by atoms with Gasteiger partial charge in [0.25, 0.3) is 0 Å². The minimum Gasteiger partial charge on any atom is -0.491 e. The minimum atomic E-state index is 0.237. The van der Waals surface area contributed by atoms with Crippen molar-refractivity contribution in [3.05, 3.63) is 42.0 Å². The van der Waals surface area contributed by atoms with Crippen LogP contribution in [0.25, 0.3) is 10.8 Å². The first kappa shape index (κ1) is 12.5. The second kappa shape index (κ2) is 5.24. The Morgan fingerprint density at radius 2 is 1.74 bits per heavy atom. The van der Waals surface area contributed by atoms with Gasteiger partial charge in [-0.05, 0) is 49.4 Å². The van der Waals surface area contributed by atoms with E-state index in [1.54, 1.807) is 0 Å². The molecular formula is C18H22O. The van der Waals surface area contributed by atoms with Gasteiger partial charge < -0.3 is 4.74 Å². The molecule has 0 amide bonds. The minimum absolute atomic E-state index is 0.237. The third-order valence-corrected chi connectivity index (χ3v) is 4.06. The fraction of sp³-hybridized carbons (Fsp3) is 0.444. The molecule has 19 heavy (non-hydrogen) atoms. The van der Waals surface area contributed by atoms with E-state index in [2.05, 4.69) is 50.2 Å². The average molecular weight is 254 g/mol. The molecule has 0 N–H and O–H groups in total. The normalized spacial score (nSPS) is 16.4. The highest BCUT2D eigenvalue weighted by atomic mass is 16.5. The predicted octanol–water partition coefficient (Wildman–Crippen LogP) is 5.28. The van der Waals surface area contributed by atoms with E-state index in [1.165, 1.54) is 42.0 Å². The summed E-state index contributed by atoms with van der Waals surface area (Å²) in [7, 11) is 0. The maximum absolute atomic E-state index is 6.07. The van der Waals surface area contributed by atoms with Gasteiger partial charge in [-0.25, -0.2) is 0 Å². The molecule has 0 saturated heterocycles. The van der Waals surface area contributed by atoms with E-state index >= 15 is 0 Å². The summed E-state index contributed by atoms with van der Waals surface area (Å²) in [6.07, 6.45) is 5.57. The standard InChI is InChI=1S/C18H22O/c1-13(2)19-17-12-11-14-7-5-6-10-16(14)18(17)15-8-3-4-9-15/h5-7,10-13,15H,3-4,8-9H2,1-2H3. The van der Waals surface area contributed by atoms with Crippen molar-refractivity contribution in [1.29, 1.82) is 0 Å². The Bertz CT molecular complexity index is 565. The quantitative estimate of drug-likeness (QED) is 0.723. The van der Waals surface area contributed by atoms with Crippen LogP contribution in [0.4, 0.5) is 0 Å². The number of fused-ring (bicyclic) bond motifs is 1. The van der Waals surface area contributed by atoms with Crippen molar-refractivity contribution in [3.63, 3.8) is 0 Å². The summed E-state index contributed by atoms with van der Waals surface area (Å²) in [5, 5.41) is 2.72. The maximum Gasteiger partial charge on any atom is 0.123 e. The topological polar surface area (TPSA) is 9.23 Å². The van der Waals surface area contributed by atoms with E-state index in [9.17, 15) is 0 Å². The van der Waals surface area contributed by atoms with Gasteiger partial charge in [0, 0.05) is 5.56 Å². The van der Waals surface area contributed by atoms with Crippen molar-refractivity contribution in [2.75, 3.05) is 0 Å². The summed E-state index contributed by atoms with van der Waals surface area (Å²) in [6.45, 7) is 4.21. The first-order valence-corrected chi connectivity index (χ1v) is 7.44. The maximum atomic E-state index is 6.07. The van der Waals surface area contributed by atoms with Crippen LogP contribution in [-0.4, -0.2) is 6.10 Å². The Kier molecular flexibility index (Phi) is 3.46. The predicted molar refractivity (Wildman–Crippen MR) is 80.9 cm³/mol. The molecule has 2 aromatic rings. The second-order valence-electron chi connectivity index (χ2n) is 5.85. The molecule has 1 heteroatoms. The fourth-order valence-electron chi connectivity index (χ4n) is 3.27. The molecule has 0 bridgehead atoms. The van der Waals surface area contributed by atoms with Crippen LogP contribution < -0.4 is 4.74 Å². The van der Waals surface area contributed by atoms with Gasteiger partial charge in [-0.15, -0.1) is 0 Å². The smallest absolute Gasteiger partial charge is 0.123 e. The van der Waals surface area contributed by atoms with Crippen LogP contribution in [0, 0.1) is 0 Å². The van der Waals surface area contributed by atoms with Crippen LogP contribution in [0.2, 0.25) is 0 Å². The van der Waals surface area contributed by atoms with Gasteiger partial charge in [-0.3, -0.25) is 0 Å². The SMILES string of the molecule is CC(C)Oc1ccc2ccccc2c1C1CCCC1. The molecule has 1 aliphatic rings. The lowest BCUT2D eigenvalue weighted by Crippen LogP contribution is -2.09. The van der Waals surface area contributed by atoms with Crippen molar-refractivity contribution < 1.29 is 4.74 Å². The van der Waals surface area contributed by atoms with E-state index in [4.69, 9.17) is 4.74 Å². The van der Waals surface area contributed by atoms with Gasteiger partial charge in [0.15, 0.2) is 0 Å². The molecule has 0 unspecified atom stereocenters. The summed E-state index contributed by atoms with van der Waals surface area (Å²) < 4.78 is 6.07. The van der Waals surface area contributed by atoms with Crippen LogP contribution in [0.5, 0.6) is 5.75 Å². The van der Waals surface area contributed by atoms with Crippen LogP contribution in [0.3, 0.4) is 0 Å². The molecule has 100 valence electrons. The van der Waals surface area contributed by atoms with Crippen molar-refractivity contribution in [3.8, 4) is 5.75 Å².